The smallest absolute Gasteiger partial charge is 0.376 e. The zero-order valence-corrected chi connectivity index (χ0v) is 10.3. The lowest BCUT2D eigenvalue weighted by atomic mass is 10.1. The molecule has 0 aliphatic carbocycles. The van der Waals surface area contributed by atoms with Gasteiger partial charge in [0.25, 0.3) is 0 Å². The molecule has 0 saturated carbocycles. The largest absolute Gasteiger partial charge is 0.478 e. The van der Waals surface area contributed by atoms with E-state index in [1.165, 1.54) is 24.3 Å². The van der Waals surface area contributed by atoms with E-state index in [1.54, 1.807) is 20.8 Å². The first-order valence-electron chi connectivity index (χ1n) is 5.19. The second-order valence-electron chi connectivity index (χ2n) is 4.52. The van der Waals surface area contributed by atoms with Gasteiger partial charge in [0.2, 0.25) is 0 Å². The molecule has 0 bridgehead atoms. The van der Waals surface area contributed by atoms with Crippen LogP contribution in [0.1, 0.15) is 41.5 Å². The van der Waals surface area contributed by atoms with Crippen molar-refractivity contribution in [3.63, 3.8) is 0 Å². The van der Waals surface area contributed by atoms with E-state index >= 15 is 0 Å². The van der Waals surface area contributed by atoms with Gasteiger partial charge in [-0.1, -0.05) is 6.07 Å². The minimum atomic E-state index is -1.13. The monoisotopic (exact) mass is 254 g/mol. The van der Waals surface area contributed by atoms with Crippen LogP contribution in [0.5, 0.6) is 0 Å². The number of carboxylic acids is 1. The number of carboxylic acid groups (broad SMARTS) is 1. The molecular weight excluding hydrogens is 240 g/mol. The van der Waals surface area contributed by atoms with E-state index in [2.05, 4.69) is 9.93 Å². The van der Waals surface area contributed by atoms with Crippen molar-refractivity contribution in [3.8, 4) is 0 Å². The number of aromatic carboxylic acids is 1. The molecule has 6 heteroatoms. The first kappa shape index (κ1) is 14.1. The van der Waals surface area contributed by atoms with Crippen molar-refractivity contribution in [3.05, 3.63) is 35.4 Å². The van der Waals surface area contributed by atoms with Crippen LogP contribution in [-0.2, 0) is 14.8 Å². The van der Waals surface area contributed by atoms with E-state index < -0.39 is 17.5 Å². The molecule has 0 spiro atoms. The second-order valence-corrected chi connectivity index (χ2v) is 4.52. The van der Waals surface area contributed by atoms with Crippen molar-refractivity contribution in [1.29, 1.82) is 0 Å². The molecule has 98 valence electrons. The maximum absolute atomic E-state index is 11.5. The fourth-order valence-corrected chi connectivity index (χ4v) is 0.977. The molecule has 0 saturated heterocycles. The average Bonchev–Trinajstić information content (AvgIpc) is 2.27. The van der Waals surface area contributed by atoms with E-state index in [4.69, 9.17) is 9.99 Å². The summed E-state index contributed by atoms with van der Waals surface area (Å²) in [4.78, 5) is 31.3. The zero-order valence-electron chi connectivity index (χ0n) is 10.3. The predicted molar refractivity (Wildman–Crippen MR) is 60.7 cm³/mol. The first-order chi connectivity index (χ1) is 8.29. The molecule has 0 aliphatic rings. The second kappa shape index (κ2) is 5.61. The van der Waals surface area contributed by atoms with Gasteiger partial charge in [0.1, 0.15) is 0 Å². The summed E-state index contributed by atoms with van der Waals surface area (Å²) < 4.78 is 0. The van der Waals surface area contributed by atoms with Gasteiger partial charge >= 0.3 is 11.9 Å². The van der Waals surface area contributed by atoms with E-state index in [0.717, 1.165) is 0 Å². The Hall–Kier alpha value is -1.92. The van der Waals surface area contributed by atoms with E-state index in [9.17, 15) is 9.59 Å². The van der Waals surface area contributed by atoms with Gasteiger partial charge in [-0.05, 0) is 44.0 Å². The van der Waals surface area contributed by atoms with E-state index in [1.807, 2.05) is 0 Å². The number of benzene rings is 1. The highest BCUT2D eigenvalue weighted by Crippen LogP contribution is 2.10. The van der Waals surface area contributed by atoms with Gasteiger partial charge < -0.3 is 5.11 Å². The summed E-state index contributed by atoms with van der Waals surface area (Å²) in [5.74, 6) is -1.96. The summed E-state index contributed by atoms with van der Waals surface area (Å²) in [5, 5.41) is 13.1. The average molecular weight is 254 g/mol. The highest BCUT2D eigenvalue weighted by Gasteiger charge is 2.16. The SMILES string of the molecule is CC(C)(C)OOOC(=O)c1cccc(C(=O)O)c1. The number of hydrogen-bond donors (Lipinski definition) is 1. The lowest BCUT2D eigenvalue weighted by Gasteiger charge is -2.15. The topological polar surface area (TPSA) is 82.1 Å². The molecule has 0 atom stereocenters. The van der Waals surface area contributed by atoms with Crippen LogP contribution in [0.2, 0.25) is 0 Å². The lowest BCUT2D eigenvalue weighted by molar-refractivity contribution is -0.510. The summed E-state index contributed by atoms with van der Waals surface area (Å²) in [6.07, 6.45) is 0. The van der Waals surface area contributed by atoms with Crippen molar-refractivity contribution < 1.29 is 29.5 Å². The Morgan fingerprint density at radius 2 is 1.78 bits per heavy atom. The van der Waals surface area contributed by atoms with Crippen LogP contribution in [0.15, 0.2) is 24.3 Å². The van der Waals surface area contributed by atoms with Gasteiger partial charge in [-0.25, -0.2) is 9.59 Å². The van der Waals surface area contributed by atoms with Crippen LogP contribution >= 0.6 is 0 Å². The van der Waals surface area contributed by atoms with Crippen LogP contribution in [0.3, 0.4) is 0 Å². The fourth-order valence-electron chi connectivity index (χ4n) is 0.977. The van der Waals surface area contributed by atoms with Crippen molar-refractivity contribution >= 4 is 11.9 Å². The van der Waals surface area contributed by atoms with E-state index in [0.29, 0.717) is 0 Å². The number of hydrogen-bond acceptors (Lipinski definition) is 5. The molecule has 0 fully saturated rings. The normalized spacial score (nSPS) is 11.1. The van der Waals surface area contributed by atoms with Crippen molar-refractivity contribution in [2.24, 2.45) is 0 Å². The molecule has 0 unspecified atom stereocenters. The molecule has 6 nitrogen and oxygen atoms in total. The van der Waals surface area contributed by atoms with Gasteiger partial charge in [0.05, 0.1) is 16.7 Å². The minimum Gasteiger partial charge on any atom is -0.478 e. The van der Waals surface area contributed by atoms with Gasteiger partial charge in [-0.3, -0.25) is 4.89 Å². The maximum Gasteiger partial charge on any atom is 0.376 e. The molecule has 0 aromatic heterocycles. The van der Waals surface area contributed by atoms with Crippen LogP contribution in [0, 0.1) is 0 Å². The lowest BCUT2D eigenvalue weighted by Crippen LogP contribution is -2.20. The Labute approximate surface area is 104 Å². The first-order valence-corrected chi connectivity index (χ1v) is 5.19. The summed E-state index contributed by atoms with van der Waals surface area (Å²) >= 11 is 0. The number of carbonyl (C=O) groups excluding carboxylic acids is 1. The molecule has 1 aromatic carbocycles. The van der Waals surface area contributed by atoms with Crippen molar-refractivity contribution in [2.75, 3.05) is 0 Å². The molecule has 0 radical (unpaired) electrons. The van der Waals surface area contributed by atoms with Gasteiger partial charge in [-0.2, -0.15) is 4.89 Å². The zero-order chi connectivity index (χ0) is 13.8. The van der Waals surface area contributed by atoms with Crippen LogP contribution in [0.25, 0.3) is 0 Å². The third kappa shape index (κ3) is 4.52. The Morgan fingerprint density at radius 3 is 2.33 bits per heavy atom. The molecule has 1 N–H and O–H groups in total. The summed E-state index contributed by atoms with van der Waals surface area (Å²) in [6, 6.07) is 5.40. The third-order valence-electron chi connectivity index (χ3n) is 1.74. The van der Waals surface area contributed by atoms with Gasteiger partial charge in [0, 0.05) is 0 Å². The molecule has 18 heavy (non-hydrogen) atoms. The fraction of sp³-hybridized carbons (Fsp3) is 0.333. The van der Waals surface area contributed by atoms with Crippen molar-refractivity contribution in [2.45, 2.75) is 26.4 Å². The third-order valence-corrected chi connectivity index (χ3v) is 1.74. The Bertz CT molecular complexity index is 446. The Balaban J connectivity index is 2.62. The molecule has 0 aliphatic heterocycles. The predicted octanol–water partition coefficient (Wildman–Crippen LogP) is 2.20. The number of rotatable bonds is 4. The van der Waals surface area contributed by atoms with Crippen LogP contribution in [-0.4, -0.2) is 22.6 Å². The summed E-state index contributed by atoms with van der Waals surface area (Å²) in [5.41, 5.74) is -0.572. The Kier molecular flexibility index (Phi) is 4.41. The van der Waals surface area contributed by atoms with Crippen molar-refractivity contribution in [1.82, 2.24) is 0 Å². The molecule has 1 rings (SSSR count). The highest BCUT2D eigenvalue weighted by atomic mass is 17.5. The molecule has 1 aromatic rings. The Morgan fingerprint density at radius 1 is 1.17 bits per heavy atom. The quantitative estimate of drug-likeness (QED) is 0.655. The molecular formula is C12H14O6. The standard InChI is InChI=1S/C12H14O6/c1-12(2,3)17-18-16-11(15)9-6-4-5-8(7-9)10(13)14/h4-7H,1-3H3,(H,13,14). The van der Waals surface area contributed by atoms with Gasteiger partial charge in [0.15, 0.2) is 0 Å². The van der Waals surface area contributed by atoms with Crippen LogP contribution < -0.4 is 0 Å². The van der Waals surface area contributed by atoms with Gasteiger partial charge in [-0.15, -0.1) is 0 Å². The highest BCUT2D eigenvalue weighted by molar-refractivity contribution is 5.94. The molecule has 0 amide bonds. The number of carbonyl (C=O) groups is 2. The minimum absolute atomic E-state index is 0.0128. The van der Waals surface area contributed by atoms with E-state index in [-0.39, 0.29) is 11.1 Å². The summed E-state index contributed by atoms with van der Waals surface area (Å²) in [6.45, 7) is 5.14. The maximum atomic E-state index is 11.5. The summed E-state index contributed by atoms with van der Waals surface area (Å²) in [7, 11) is 0. The molecule has 0 heterocycles. The van der Waals surface area contributed by atoms with Crippen LogP contribution in [0.4, 0.5) is 0 Å².